The van der Waals surface area contributed by atoms with Gasteiger partial charge in [-0.15, -0.1) is 0 Å². The highest BCUT2D eigenvalue weighted by atomic mass is 35.5. The number of methoxy groups -OCH3 is 1. The second-order valence-electron chi connectivity index (χ2n) is 6.28. The molecule has 160 valence electrons. The minimum atomic E-state index is -0.548. The predicted octanol–water partition coefficient (Wildman–Crippen LogP) is 7.10. The Labute approximate surface area is 197 Å². The summed E-state index contributed by atoms with van der Waals surface area (Å²) in [6.45, 7) is 0.306. The quantitative estimate of drug-likeness (QED) is 0.213. The molecule has 0 heterocycles. The molecule has 10 heteroatoms. The lowest BCUT2D eigenvalue weighted by Crippen LogP contribution is -2.05. The van der Waals surface area contributed by atoms with Crippen molar-refractivity contribution in [2.45, 2.75) is 16.3 Å². The molecule has 1 N–H and O–H groups in total. The second kappa shape index (κ2) is 10.2. The molecule has 0 atom stereocenters. The van der Waals surface area contributed by atoms with Crippen LogP contribution in [0.3, 0.4) is 0 Å². The van der Waals surface area contributed by atoms with Gasteiger partial charge in [0.25, 0.3) is 5.69 Å². The van der Waals surface area contributed by atoms with Crippen LogP contribution in [0.1, 0.15) is 15.9 Å². The standard InChI is InChI=1S/C21H15Cl3N2O4S/c1-30-21(27)15-9-13(3-5-16(15)22)25-11-12-2-7-20(19(8-12)26(28)29)31-14-4-6-17(23)18(24)10-14/h2-10,25H,11H2,1H3. The summed E-state index contributed by atoms with van der Waals surface area (Å²) >= 11 is 19.2. The molecular weight excluding hydrogens is 483 g/mol. The number of nitro benzene ring substituents is 1. The minimum absolute atomic E-state index is 0.0262. The van der Waals surface area contributed by atoms with E-state index >= 15 is 0 Å². The van der Waals surface area contributed by atoms with Gasteiger partial charge in [-0.25, -0.2) is 4.79 Å². The predicted molar refractivity (Wildman–Crippen MR) is 124 cm³/mol. The van der Waals surface area contributed by atoms with Crippen molar-refractivity contribution in [2.75, 3.05) is 12.4 Å². The van der Waals surface area contributed by atoms with Gasteiger partial charge in [0.15, 0.2) is 0 Å². The molecule has 0 saturated carbocycles. The number of carbonyl (C=O) groups is 1. The van der Waals surface area contributed by atoms with E-state index in [1.807, 2.05) is 0 Å². The Balaban J connectivity index is 1.79. The van der Waals surface area contributed by atoms with Gasteiger partial charge in [-0.3, -0.25) is 10.1 Å². The zero-order valence-corrected chi connectivity index (χ0v) is 19.1. The molecule has 0 fully saturated rings. The van der Waals surface area contributed by atoms with Crippen molar-refractivity contribution in [3.05, 3.63) is 90.9 Å². The van der Waals surface area contributed by atoms with E-state index in [-0.39, 0.29) is 16.3 Å². The van der Waals surface area contributed by atoms with Crippen molar-refractivity contribution < 1.29 is 14.5 Å². The number of anilines is 1. The summed E-state index contributed by atoms with van der Waals surface area (Å²) in [5.41, 5.74) is 1.52. The third kappa shape index (κ3) is 5.83. The van der Waals surface area contributed by atoms with Gasteiger partial charge in [-0.2, -0.15) is 0 Å². The number of nitrogens with one attached hydrogen (secondary N) is 1. The maximum Gasteiger partial charge on any atom is 0.339 e. The molecule has 0 amide bonds. The lowest BCUT2D eigenvalue weighted by atomic mass is 10.1. The highest BCUT2D eigenvalue weighted by molar-refractivity contribution is 7.99. The number of esters is 1. The molecule has 3 rings (SSSR count). The zero-order chi connectivity index (χ0) is 22.5. The van der Waals surface area contributed by atoms with Gasteiger partial charge in [0, 0.05) is 23.2 Å². The first-order valence-corrected chi connectivity index (χ1v) is 10.8. The molecule has 0 aromatic heterocycles. The van der Waals surface area contributed by atoms with Crippen LogP contribution in [-0.2, 0) is 11.3 Å². The third-order valence-electron chi connectivity index (χ3n) is 4.21. The number of hydrogen-bond acceptors (Lipinski definition) is 6. The molecule has 0 spiro atoms. The fourth-order valence-corrected chi connectivity index (χ4v) is 4.17. The number of rotatable bonds is 7. The number of hydrogen-bond donors (Lipinski definition) is 1. The van der Waals surface area contributed by atoms with Crippen LogP contribution in [0.25, 0.3) is 0 Å². The summed E-state index contributed by atoms with van der Waals surface area (Å²) < 4.78 is 4.71. The van der Waals surface area contributed by atoms with Crippen LogP contribution in [-0.4, -0.2) is 18.0 Å². The molecule has 6 nitrogen and oxygen atoms in total. The number of nitrogens with zero attached hydrogens (tertiary/aromatic N) is 1. The van der Waals surface area contributed by atoms with Crippen molar-refractivity contribution in [1.29, 1.82) is 0 Å². The van der Waals surface area contributed by atoms with E-state index in [9.17, 15) is 14.9 Å². The van der Waals surface area contributed by atoms with Gasteiger partial charge < -0.3 is 10.1 Å². The Morgan fingerprint density at radius 3 is 2.45 bits per heavy atom. The number of nitro groups is 1. The van der Waals surface area contributed by atoms with Gasteiger partial charge in [0.1, 0.15) is 0 Å². The van der Waals surface area contributed by atoms with Crippen molar-refractivity contribution in [1.82, 2.24) is 0 Å². The molecule has 0 bridgehead atoms. The Hall–Kier alpha value is -2.45. The Morgan fingerprint density at radius 2 is 1.77 bits per heavy atom. The second-order valence-corrected chi connectivity index (χ2v) is 8.61. The third-order valence-corrected chi connectivity index (χ3v) is 6.33. The van der Waals surface area contributed by atoms with Crippen LogP contribution >= 0.6 is 46.6 Å². The van der Waals surface area contributed by atoms with Crippen molar-refractivity contribution in [3.8, 4) is 0 Å². The van der Waals surface area contributed by atoms with Crippen LogP contribution in [0, 0.1) is 10.1 Å². The molecule has 3 aromatic carbocycles. The molecule has 0 saturated heterocycles. The largest absolute Gasteiger partial charge is 0.465 e. The van der Waals surface area contributed by atoms with E-state index in [1.54, 1.807) is 48.5 Å². The van der Waals surface area contributed by atoms with Gasteiger partial charge >= 0.3 is 5.97 Å². The fraction of sp³-hybridized carbons (Fsp3) is 0.0952. The van der Waals surface area contributed by atoms with E-state index in [0.29, 0.717) is 32.7 Å². The van der Waals surface area contributed by atoms with Gasteiger partial charge in [-0.1, -0.05) is 52.6 Å². The summed E-state index contributed by atoms with van der Waals surface area (Å²) in [6, 6.07) is 14.9. The normalized spacial score (nSPS) is 10.6. The van der Waals surface area contributed by atoms with Gasteiger partial charge in [0.05, 0.1) is 37.6 Å². The Morgan fingerprint density at radius 1 is 1.03 bits per heavy atom. The van der Waals surface area contributed by atoms with Crippen LogP contribution in [0.15, 0.2) is 64.4 Å². The van der Waals surface area contributed by atoms with Crippen LogP contribution in [0.4, 0.5) is 11.4 Å². The van der Waals surface area contributed by atoms with E-state index in [4.69, 9.17) is 39.5 Å². The Kier molecular flexibility index (Phi) is 7.67. The molecule has 0 aliphatic rings. The first-order chi connectivity index (χ1) is 14.8. The van der Waals surface area contributed by atoms with E-state index in [0.717, 1.165) is 4.90 Å². The summed E-state index contributed by atoms with van der Waals surface area (Å²) in [5.74, 6) is -0.548. The van der Waals surface area contributed by atoms with E-state index in [1.165, 1.54) is 24.9 Å². The number of ether oxygens (including phenoxy) is 1. The molecular formula is C21H15Cl3N2O4S. The highest BCUT2D eigenvalue weighted by Gasteiger charge is 2.17. The van der Waals surface area contributed by atoms with Crippen LogP contribution < -0.4 is 5.32 Å². The van der Waals surface area contributed by atoms with Crippen LogP contribution in [0.5, 0.6) is 0 Å². The van der Waals surface area contributed by atoms with Crippen molar-refractivity contribution >= 4 is 63.9 Å². The molecule has 0 aliphatic carbocycles. The van der Waals surface area contributed by atoms with Crippen LogP contribution in [0.2, 0.25) is 15.1 Å². The number of carbonyl (C=O) groups excluding carboxylic acids is 1. The van der Waals surface area contributed by atoms with E-state index < -0.39 is 10.9 Å². The van der Waals surface area contributed by atoms with Crippen molar-refractivity contribution in [2.24, 2.45) is 0 Å². The lowest BCUT2D eigenvalue weighted by molar-refractivity contribution is -0.387. The summed E-state index contributed by atoms with van der Waals surface area (Å²) in [4.78, 5) is 24.2. The Bertz CT molecular complexity index is 1160. The fourth-order valence-electron chi connectivity index (χ4n) is 2.67. The van der Waals surface area contributed by atoms with Gasteiger partial charge in [0.2, 0.25) is 0 Å². The summed E-state index contributed by atoms with van der Waals surface area (Å²) in [6.07, 6.45) is 0. The minimum Gasteiger partial charge on any atom is -0.465 e. The van der Waals surface area contributed by atoms with Crippen molar-refractivity contribution in [3.63, 3.8) is 0 Å². The smallest absolute Gasteiger partial charge is 0.339 e. The molecule has 0 unspecified atom stereocenters. The summed E-state index contributed by atoms with van der Waals surface area (Å²) in [7, 11) is 1.27. The average Bonchev–Trinajstić information content (AvgIpc) is 2.75. The molecule has 3 aromatic rings. The summed E-state index contributed by atoms with van der Waals surface area (Å²) in [5, 5.41) is 15.8. The van der Waals surface area contributed by atoms with E-state index in [2.05, 4.69) is 5.32 Å². The lowest BCUT2D eigenvalue weighted by Gasteiger charge is -2.10. The molecule has 0 radical (unpaired) electrons. The molecule has 31 heavy (non-hydrogen) atoms. The first kappa shape index (κ1) is 23.2. The maximum atomic E-state index is 11.8. The SMILES string of the molecule is COC(=O)c1cc(NCc2ccc(Sc3ccc(Cl)c(Cl)c3)c([N+](=O)[O-])c2)ccc1Cl. The average molecular weight is 498 g/mol. The maximum absolute atomic E-state index is 11.8. The topological polar surface area (TPSA) is 81.5 Å². The monoisotopic (exact) mass is 496 g/mol. The highest BCUT2D eigenvalue weighted by Crippen LogP contribution is 2.37. The first-order valence-electron chi connectivity index (χ1n) is 8.80. The number of benzene rings is 3. The zero-order valence-electron chi connectivity index (χ0n) is 16.0. The van der Waals surface area contributed by atoms with Gasteiger partial charge in [-0.05, 0) is 48.0 Å². The molecule has 0 aliphatic heterocycles. The number of halogens is 3.